The van der Waals surface area contributed by atoms with Crippen LogP contribution in [0.1, 0.15) is 31.4 Å². The molecule has 0 radical (unpaired) electrons. The highest BCUT2D eigenvalue weighted by molar-refractivity contribution is 5.80. The summed E-state index contributed by atoms with van der Waals surface area (Å²) in [6.07, 6.45) is 1.75. The molecule has 2 atom stereocenters. The predicted molar refractivity (Wildman–Crippen MR) is 114 cm³/mol. The second-order valence-electron chi connectivity index (χ2n) is 7.56. The maximum Gasteiger partial charge on any atom is 0.324 e. The van der Waals surface area contributed by atoms with E-state index in [4.69, 9.17) is 9.26 Å². The molecule has 7 heteroatoms. The van der Waals surface area contributed by atoms with Crippen molar-refractivity contribution < 1.29 is 14.1 Å². The van der Waals surface area contributed by atoms with Crippen LogP contribution >= 0.6 is 0 Å². The van der Waals surface area contributed by atoms with Gasteiger partial charge in [0, 0.05) is 18.7 Å². The molecule has 1 aromatic heterocycles. The van der Waals surface area contributed by atoms with Crippen molar-refractivity contribution in [3.05, 3.63) is 60.2 Å². The van der Waals surface area contributed by atoms with Crippen LogP contribution in [0, 0.1) is 5.92 Å². The van der Waals surface area contributed by atoms with Crippen LogP contribution in [0.2, 0.25) is 0 Å². The smallest absolute Gasteiger partial charge is 0.324 e. The first-order valence-corrected chi connectivity index (χ1v) is 10.2. The first-order chi connectivity index (χ1) is 14.6. The van der Waals surface area contributed by atoms with Crippen LogP contribution in [0.4, 0.5) is 6.01 Å². The first kappa shape index (κ1) is 19.9. The molecule has 0 aliphatic carbocycles. The van der Waals surface area contributed by atoms with Crippen LogP contribution in [0.25, 0.3) is 11.4 Å². The Morgan fingerprint density at radius 2 is 1.97 bits per heavy atom. The molecule has 1 amide bonds. The van der Waals surface area contributed by atoms with Gasteiger partial charge in [0.05, 0.1) is 19.1 Å². The van der Waals surface area contributed by atoms with Crippen LogP contribution in [0.3, 0.4) is 0 Å². The number of methoxy groups -OCH3 is 1. The molecule has 7 nitrogen and oxygen atoms in total. The van der Waals surface area contributed by atoms with E-state index in [2.05, 4.69) is 15.5 Å². The third-order valence-electron chi connectivity index (χ3n) is 5.48. The molecule has 2 heterocycles. The second kappa shape index (κ2) is 8.98. The van der Waals surface area contributed by atoms with Gasteiger partial charge in [-0.1, -0.05) is 35.5 Å². The number of nitrogens with zero attached hydrogens (tertiary/aromatic N) is 3. The summed E-state index contributed by atoms with van der Waals surface area (Å²) in [6.45, 7) is 3.37. The minimum absolute atomic E-state index is 0.0286. The fourth-order valence-corrected chi connectivity index (χ4v) is 3.72. The summed E-state index contributed by atoms with van der Waals surface area (Å²) >= 11 is 0. The van der Waals surface area contributed by atoms with Crippen molar-refractivity contribution in [3.8, 4) is 17.1 Å². The maximum atomic E-state index is 12.8. The highest BCUT2D eigenvalue weighted by Gasteiger charge is 2.29. The number of rotatable bonds is 6. The second-order valence-corrected chi connectivity index (χ2v) is 7.56. The standard InChI is InChI=1S/C23H26N4O3/c1-16(17-7-4-3-5-8-17)24-22(28)19-9-6-14-27(15-19)23-25-21(26-30-23)18-10-12-20(29-2)13-11-18/h3-5,7-8,10-13,16,19H,6,9,14-15H2,1-2H3,(H,24,28)/t16-,19-/m1/s1. The van der Waals surface area contributed by atoms with Crippen LogP contribution in [0.15, 0.2) is 59.1 Å². The van der Waals surface area contributed by atoms with Gasteiger partial charge < -0.3 is 19.5 Å². The Morgan fingerprint density at radius 3 is 2.70 bits per heavy atom. The van der Waals surface area contributed by atoms with E-state index in [-0.39, 0.29) is 17.9 Å². The Labute approximate surface area is 176 Å². The van der Waals surface area contributed by atoms with E-state index in [1.165, 1.54) is 0 Å². The zero-order valence-electron chi connectivity index (χ0n) is 17.2. The summed E-state index contributed by atoms with van der Waals surface area (Å²) in [4.78, 5) is 19.4. The fourth-order valence-electron chi connectivity index (χ4n) is 3.72. The Bertz CT molecular complexity index is 972. The number of anilines is 1. The van der Waals surface area contributed by atoms with Gasteiger partial charge in [-0.15, -0.1) is 0 Å². The van der Waals surface area contributed by atoms with Crippen molar-refractivity contribution in [1.82, 2.24) is 15.5 Å². The van der Waals surface area contributed by atoms with Crippen molar-refractivity contribution >= 4 is 11.9 Å². The lowest BCUT2D eigenvalue weighted by atomic mass is 9.96. The Balaban J connectivity index is 1.40. The number of hydrogen-bond donors (Lipinski definition) is 1. The molecular weight excluding hydrogens is 380 g/mol. The van der Waals surface area contributed by atoms with E-state index < -0.39 is 0 Å². The molecular formula is C23H26N4O3. The summed E-state index contributed by atoms with van der Waals surface area (Å²) in [5.74, 6) is 1.25. The van der Waals surface area contributed by atoms with E-state index in [9.17, 15) is 4.79 Å². The average molecular weight is 406 g/mol. The van der Waals surface area contributed by atoms with Crippen molar-refractivity contribution in [3.63, 3.8) is 0 Å². The third-order valence-corrected chi connectivity index (χ3v) is 5.48. The minimum atomic E-state index is -0.110. The predicted octanol–water partition coefficient (Wildman–Crippen LogP) is 3.84. The zero-order valence-corrected chi connectivity index (χ0v) is 17.2. The minimum Gasteiger partial charge on any atom is -0.497 e. The van der Waals surface area contributed by atoms with Gasteiger partial charge in [-0.25, -0.2) is 0 Å². The lowest BCUT2D eigenvalue weighted by molar-refractivity contribution is -0.125. The van der Waals surface area contributed by atoms with Crippen LogP contribution in [-0.4, -0.2) is 36.2 Å². The molecule has 0 spiro atoms. The molecule has 156 valence electrons. The Hall–Kier alpha value is -3.35. The summed E-state index contributed by atoms with van der Waals surface area (Å²) in [6, 6.07) is 17.9. The number of hydrogen-bond acceptors (Lipinski definition) is 6. The quantitative estimate of drug-likeness (QED) is 0.670. The van der Waals surface area contributed by atoms with E-state index in [0.717, 1.165) is 36.3 Å². The summed E-state index contributed by atoms with van der Waals surface area (Å²) in [7, 11) is 1.63. The van der Waals surface area contributed by atoms with Gasteiger partial charge in [0.25, 0.3) is 0 Å². The Morgan fingerprint density at radius 1 is 1.20 bits per heavy atom. The van der Waals surface area contributed by atoms with Gasteiger partial charge in [0.1, 0.15) is 5.75 Å². The molecule has 30 heavy (non-hydrogen) atoms. The van der Waals surface area contributed by atoms with E-state index in [0.29, 0.717) is 18.4 Å². The molecule has 1 aliphatic rings. The Kier molecular flexibility index (Phi) is 5.97. The van der Waals surface area contributed by atoms with Crippen molar-refractivity contribution in [2.75, 3.05) is 25.1 Å². The summed E-state index contributed by atoms with van der Waals surface area (Å²) in [5.41, 5.74) is 1.95. The SMILES string of the molecule is COc1ccc(-c2noc(N3CCC[C@@H](C(=O)N[C@H](C)c4ccccc4)C3)n2)cc1. The lowest BCUT2D eigenvalue weighted by Crippen LogP contribution is -2.43. The first-order valence-electron chi connectivity index (χ1n) is 10.2. The molecule has 2 aromatic carbocycles. The highest BCUT2D eigenvalue weighted by atomic mass is 16.5. The largest absolute Gasteiger partial charge is 0.497 e. The van der Waals surface area contributed by atoms with Crippen LogP contribution in [-0.2, 0) is 4.79 Å². The molecule has 1 fully saturated rings. The number of ether oxygens (including phenoxy) is 1. The van der Waals surface area contributed by atoms with E-state index in [1.807, 2.05) is 66.4 Å². The molecule has 0 saturated carbocycles. The van der Waals surface area contributed by atoms with Gasteiger partial charge in [0.2, 0.25) is 11.7 Å². The summed E-state index contributed by atoms with van der Waals surface area (Å²) in [5, 5.41) is 7.24. The van der Waals surface area contributed by atoms with Gasteiger partial charge >= 0.3 is 6.01 Å². The van der Waals surface area contributed by atoms with Gasteiger partial charge in [-0.3, -0.25) is 4.79 Å². The molecule has 0 unspecified atom stereocenters. The number of piperidine rings is 1. The zero-order chi connectivity index (χ0) is 20.9. The topological polar surface area (TPSA) is 80.5 Å². The van der Waals surface area contributed by atoms with Crippen molar-refractivity contribution in [1.29, 1.82) is 0 Å². The maximum absolute atomic E-state index is 12.8. The van der Waals surface area contributed by atoms with Crippen LogP contribution in [0.5, 0.6) is 5.75 Å². The number of aromatic nitrogens is 2. The van der Waals surface area contributed by atoms with Crippen LogP contribution < -0.4 is 15.0 Å². The van der Waals surface area contributed by atoms with E-state index in [1.54, 1.807) is 7.11 Å². The van der Waals surface area contributed by atoms with Gasteiger partial charge in [-0.2, -0.15) is 4.98 Å². The number of carbonyl (C=O) groups excluding carboxylic acids is 1. The van der Waals surface area contributed by atoms with E-state index >= 15 is 0 Å². The van der Waals surface area contributed by atoms with Gasteiger partial charge in [-0.05, 0) is 49.6 Å². The normalized spacial score (nSPS) is 17.4. The third kappa shape index (κ3) is 4.45. The van der Waals surface area contributed by atoms with Crippen molar-refractivity contribution in [2.24, 2.45) is 5.92 Å². The summed E-state index contributed by atoms with van der Waals surface area (Å²) < 4.78 is 10.7. The number of nitrogens with one attached hydrogen (secondary N) is 1. The number of amides is 1. The molecule has 1 saturated heterocycles. The van der Waals surface area contributed by atoms with Crippen molar-refractivity contribution in [2.45, 2.75) is 25.8 Å². The number of carbonyl (C=O) groups is 1. The molecule has 0 bridgehead atoms. The molecule has 4 rings (SSSR count). The molecule has 1 N–H and O–H groups in total. The highest BCUT2D eigenvalue weighted by Crippen LogP contribution is 2.26. The average Bonchev–Trinajstić information content (AvgIpc) is 3.30. The fraction of sp³-hybridized carbons (Fsp3) is 0.348. The lowest BCUT2D eigenvalue weighted by Gasteiger charge is -2.31. The van der Waals surface area contributed by atoms with Gasteiger partial charge in [0.15, 0.2) is 0 Å². The molecule has 3 aromatic rings. The number of benzene rings is 2. The monoisotopic (exact) mass is 406 g/mol. The molecule has 1 aliphatic heterocycles.